The number of anilines is 1. The minimum Gasteiger partial charge on any atom is -0.497 e. The predicted molar refractivity (Wildman–Crippen MR) is 117 cm³/mol. The summed E-state index contributed by atoms with van der Waals surface area (Å²) in [7, 11) is 3.29. The largest absolute Gasteiger partial charge is 0.497 e. The van der Waals surface area contributed by atoms with Crippen LogP contribution in [0.25, 0.3) is 0 Å². The summed E-state index contributed by atoms with van der Waals surface area (Å²) in [6, 6.07) is 5.84. The van der Waals surface area contributed by atoms with Gasteiger partial charge in [-0.2, -0.15) is 0 Å². The Morgan fingerprint density at radius 2 is 2.07 bits per heavy atom. The van der Waals surface area contributed by atoms with E-state index < -0.39 is 0 Å². The van der Waals surface area contributed by atoms with Crippen LogP contribution in [0.1, 0.15) is 13.3 Å². The van der Waals surface area contributed by atoms with Gasteiger partial charge in [0, 0.05) is 24.6 Å². The van der Waals surface area contributed by atoms with Gasteiger partial charge in [0.15, 0.2) is 0 Å². The van der Waals surface area contributed by atoms with Crippen LogP contribution in [0.5, 0.6) is 5.75 Å². The number of nitrogens with zero attached hydrogens (tertiary/aromatic N) is 2. The monoisotopic (exact) mass is 436 g/mol. The summed E-state index contributed by atoms with van der Waals surface area (Å²) in [4.78, 5) is 29.2. The number of carbonyl (C=O) groups excluding carboxylic acids is 2. The molecule has 1 aromatic rings. The Balaban J connectivity index is 1.87. The van der Waals surface area contributed by atoms with E-state index in [1.165, 1.54) is 16.7 Å². The summed E-state index contributed by atoms with van der Waals surface area (Å²) in [5.41, 5.74) is 0.969. The zero-order valence-electron chi connectivity index (χ0n) is 15.8. The molecule has 2 heterocycles. The van der Waals surface area contributed by atoms with Gasteiger partial charge in [0.25, 0.3) is 5.91 Å². The number of fused-ring (bicyclic) bond motifs is 1. The molecule has 0 bridgehead atoms. The Hall–Kier alpha value is -1.97. The van der Waals surface area contributed by atoms with Gasteiger partial charge < -0.3 is 14.4 Å². The van der Waals surface area contributed by atoms with Crippen molar-refractivity contribution in [2.75, 3.05) is 32.2 Å². The Morgan fingerprint density at radius 1 is 1.29 bits per heavy atom. The first-order valence-corrected chi connectivity index (χ1v) is 10.7. The lowest BCUT2D eigenvalue weighted by molar-refractivity contribution is -0.142. The average Bonchev–Trinajstić information content (AvgIpc) is 3.16. The second kappa shape index (κ2) is 9.02. The van der Waals surface area contributed by atoms with Crippen molar-refractivity contribution in [3.8, 4) is 5.75 Å². The standard InChI is InChI=1S/C19H20N2O4S3/c1-4-25-17(22)9-10-21-13-11-12(24-3)5-6-14(13)27-16(21)8-7-15-18(23)20(2)19(26)28-15/h5-8,11H,4,9-10H2,1-3H3. The third-order valence-electron chi connectivity index (χ3n) is 4.15. The summed E-state index contributed by atoms with van der Waals surface area (Å²) in [6.45, 7) is 2.62. The zero-order valence-corrected chi connectivity index (χ0v) is 18.2. The molecule has 0 N–H and O–H groups in total. The molecule has 6 nitrogen and oxygen atoms in total. The van der Waals surface area contributed by atoms with Crippen molar-refractivity contribution < 1.29 is 19.1 Å². The number of hydrogen-bond acceptors (Lipinski definition) is 8. The van der Waals surface area contributed by atoms with E-state index in [2.05, 4.69) is 0 Å². The maximum Gasteiger partial charge on any atom is 0.307 e. The van der Waals surface area contributed by atoms with E-state index in [9.17, 15) is 9.59 Å². The van der Waals surface area contributed by atoms with E-state index >= 15 is 0 Å². The molecule has 28 heavy (non-hydrogen) atoms. The lowest BCUT2D eigenvalue weighted by atomic mass is 10.2. The fourth-order valence-electron chi connectivity index (χ4n) is 2.71. The van der Waals surface area contributed by atoms with Crippen LogP contribution in [0.4, 0.5) is 5.69 Å². The molecule has 0 atom stereocenters. The molecule has 9 heteroatoms. The Bertz CT molecular complexity index is 882. The number of hydrogen-bond donors (Lipinski definition) is 0. The molecule has 1 aromatic carbocycles. The van der Waals surface area contributed by atoms with E-state index in [0.717, 1.165) is 21.4 Å². The number of thioether (sulfide) groups is 2. The highest BCUT2D eigenvalue weighted by atomic mass is 32.2. The van der Waals surface area contributed by atoms with Crippen LogP contribution in [-0.4, -0.2) is 48.4 Å². The maximum atomic E-state index is 12.2. The highest BCUT2D eigenvalue weighted by Crippen LogP contribution is 2.47. The van der Waals surface area contributed by atoms with Crippen LogP contribution in [0.3, 0.4) is 0 Å². The summed E-state index contributed by atoms with van der Waals surface area (Å²) in [6.07, 6.45) is 3.94. The fourth-order valence-corrected chi connectivity index (χ4v) is 4.90. The number of methoxy groups -OCH3 is 1. The van der Waals surface area contributed by atoms with Gasteiger partial charge in [-0.25, -0.2) is 0 Å². The topological polar surface area (TPSA) is 59.1 Å². The number of thiocarbonyl (C=S) groups is 1. The maximum absolute atomic E-state index is 12.2. The third kappa shape index (κ3) is 4.37. The van der Waals surface area contributed by atoms with Crippen LogP contribution in [0.15, 0.2) is 45.2 Å². The Kier molecular flexibility index (Phi) is 6.69. The molecule has 2 aliphatic heterocycles. The highest BCUT2D eigenvalue weighted by Gasteiger charge is 2.29. The number of amides is 1. The molecule has 0 spiro atoms. The molecule has 3 rings (SSSR count). The van der Waals surface area contributed by atoms with Crippen molar-refractivity contribution >= 4 is 57.6 Å². The van der Waals surface area contributed by atoms with Crippen LogP contribution >= 0.6 is 35.7 Å². The van der Waals surface area contributed by atoms with E-state index in [-0.39, 0.29) is 18.3 Å². The normalized spacial score (nSPS) is 19.0. The van der Waals surface area contributed by atoms with E-state index in [0.29, 0.717) is 22.4 Å². The van der Waals surface area contributed by atoms with Gasteiger partial charge in [-0.1, -0.05) is 35.7 Å². The van der Waals surface area contributed by atoms with Gasteiger partial charge in [-0.15, -0.1) is 0 Å². The molecule has 0 aromatic heterocycles. The molecule has 0 aliphatic carbocycles. The summed E-state index contributed by atoms with van der Waals surface area (Å²) in [5, 5.41) is 0.925. The van der Waals surface area contributed by atoms with Crippen LogP contribution < -0.4 is 9.64 Å². The van der Waals surface area contributed by atoms with Crippen molar-refractivity contribution in [2.45, 2.75) is 18.2 Å². The number of esters is 1. The molecule has 2 aliphatic rings. The quantitative estimate of drug-likeness (QED) is 0.379. The van der Waals surface area contributed by atoms with Crippen LogP contribution in [0.2, 0.25) is 0 Å². The molecule has 0 saturated carbocycles. The summed E-state index contributed by atoms with van der Waals surface area (Å²) >= 11 is 8.04. The molecule has 148 valence electrons. The molecule has 1 amide bonds. The van der Waals surface area contributed by atoms with E-state index in [1.54, 1.807) is 38.9 Å². The molecule has 0 unspecified atom stereocenters. The Morgan fingerprint density at radius 3 is 2.71 bits per heavy atom. The van der Waals surface area contributed by atoms with Crippen molar-refractivity contribution in [3.63, 3.8) is 0 Å². The predicted octanol–water partition coefficient (Wildman–Crippen LogP) is 3.78. The van der Waals surface area contributed by atoms with Gasteiger partial charge in [-0.3, -0.25) is 14.5 Å². The van der Waals surface area contributed by atoms with Gasteiger partial charge in [0.05, 0.1) is 35.8 Å². The summed E-state index contributed by atoms with van der Waals surface area (Å²) in [5.74, 6) is 0.399. The first-order valence-electron chi connectivity index (χ1n) is 8.65. The van der Waals surface area contributed by atoms with Gasteiger partial charge in [-0.05, 0) is 31.2 Å². The summed E-state index contributed by atoms with van der Waals surface area (Å²) < 4.78 is 10.9. The van der Waals surface area contributed by atoms with Crippen molar-refractivity contribution in [2.24, 2.45) is 0 Å². The van der Waals surface area contributed by atoms with Crippen LogP contribution in [-0.2, 0) is 14.3 Å². The third-order valence-corrected chi connectivity index (χ3v) is 6.78. The minimum absolute atomic E-state index is 0.105. The number of ether oxygens (including phenoxy) is 2. The molecule has 1 fully saturated rings. The smallest absolute Gasteiger partial charge is 0.307 e. The van der Waals surface area contributed by atoms with E-state index in [1.807, 2.05) is 29.2 Å². The van der Waals surface area contributed by atoms with Gasteiger partial charge in [0.1, 0.15) is 10.1 Å². The molecule has 1 saturated heterocycles. The first-order chi connectivity index (χ1) is 13.4. The molecule has 0 radical (unpaired) electrons. The van der Waals surface area contributed by atoms with Crippen molar-refractivity contribution in [1.82, 2.24) is 4.90 Å². The van der Waals surface area contributed by atoms with Gasteiger partial charge >= 0.3 is 5.97 Å². The number of allylic oxidation sites excluding steroid dienone is 2. The number of rotatable bonds is 6. The lowest BCUT2D eigenvalue weighted by Crippen LogP contribution is -2.23. The van der Waals surface area contributed by atoms with Crippen molar-refractivity contribution in [1.29, 1.82) is 0 Å². The second-order valence-corrected chi connectivity index (χ2v) is 8.65. The van der Waals surface area contributed by atoms with Crippen molar-refractivity contribution in [3.05, 3.63) is 40.3 Å². The van der Waals surface area contributed by atoms with Crippen LogP contribution in [0, 0.1) is 0 Å². The average molecular weight is 437 g/mol. The zero-order chi connectivity index (χ0) is 20.3. The lowest BCUT2D eigenvalue weighted by Gasteiger charge is -2.20. The first kappa shape index (κ1) is 20.8. The minimum atomic E-state index is -0.241. The number of benzene rings is 1. The van der Waals surface area contributed by atoms with E-state index in [4.69, 9.17) is 21.7 Å². The second-order valence-electron chi connectivity index (χ2n) is 5.91. The fraction of sp³-hybridized carbons (Fsp3) is 0.316. The molecular formula is C19H20N2O4S3. The number of likely N-dealkylation sites (N-methyl/N-ethyl adjacent to an activating group) is 1. The number of carbonyl (C=O) groups is 2. The molecular weight excluding hydrogens is 416 g/mol. The SMILES string of the molecule is CCOC(=O)CCN1C(=CC=C2SC(=S)N(C)C2=O)Sc2ccc(OC)cc21. The van der Waals surface area contributed by atoms with Gasteiger partial charge in [0.2, 0.25) is 0 Å². The Labute approximate surface area is 177 Å². The highest BCUT2D eigenvalue weighted by molar-refractivity contribution is 8.26.